The molecule has 0 aromatic carbocycles. The second-order valence-electron chi connectivity index (χ2n) is 6.65. The molecule has 3 heterocycles. The summed E-state index contributed by atoms with van der Waals surface area (Å²) in [5.41, 5.74) is 4.52. The van der Waals surface area contributed by atoms with Gasteiger partial charge in [-0.25, -0.2) is 19.7 Å². The van der Waals surface area contributed by atoms with E-state index in [0.717, 1.165) is 0 Å². The van der Waals surface area contributed by atoms with Crippen molar-refractivity contribution in [3.63, 3.8) is 0 Å². The number of hydrogen-bond acceptors (Lipinski definition) is 8. The first kappa shape index (κ1) is 22.1. The Morgan fingerprint density at radius 3 is 2.58 bits per heavy atom. The van der Waals surface area contributed by atoms with E-state index in [1.807, 2.05) is 0 Å². The summed E-state index contributed by atoms with van der Waals surface area (Å²) in [6.07, 6.45) is -3.19. The highest BCUT2D eigenvalue weighted by molar-refractivity contribution is 5.97. The first-order valence-corrected chi connectivity index (χ1v) is 9.13. The molecule has 1 saturated heterocycles. The molecule has 1 atom stereocenters. The predicted octanol–water partition coefficient (Wildman–Crippen LogP) is 1.61. The Morgan fingerprint density at radius 2 is 1.97 bits per heavy atom. The molecule has 31 heavy (non-hydrogen) atoms. The van der Waals surface area contributed by atoms with Crippen molar-refractivity contribution in [3.05, 3.63) is 36.3 Å². The lowest BCUT2D eigenvalue weighted by Crippen LogP contribution is -2.51. The summed E-state index contributed by atoms with van der Waals surface area (Å²) in [7, 11) is 0. The average molecular weight is 440 g/mol. The minimum Gasteiger partial charge on any atom is -0.474 e. The lowest BCUT2D eigenvalue weighted by molar-refractivity contribution is -0.138. The summed E-state index contributed by atoms with van der Waals surface area (Å²) in [5, 5.41) is 0. The van der Waals surface area contributed by atoms with E-state index in [1.54, 1.807) is 19.1 Å². The summed E-state index contributed by atoms with van der Waals surface area (Å²) in [6, 6.07) is 3.18. The second kappa shape index (κ2) is 9.02. The van der Waals surface area contributed by atoms with Gasteiger partial charge >= 0.3 is 12.3 Å². The zero-order valence-electron chi connectivity index (χ0n) is 16.4. The van der Waals surface area contributed by atoms with Gasteiger partial charge in [0.25, 0.3) is 0 Å². The third kappa shape index (κ3) is 5.71. The Labute approximate surface area is 174 Å². The Morgan fingerprint density at radius 1 is 1.26 bits per heavy atom. The summed E-state index contributed by atoms with van der Waals surface area (Å²) < 4.78 is 48.2. The first-order chi connectivity index (χ1) is 14.6. The number of piperazine rings is 1. The number of primary amides is 1. The van der Waals surface area contributed by atoms with Crippen LogP contribution >= 0.6 is 0 Å². The SMILES string of the molecule is C[C@@H](COc1cc(N2CCN(c3ncc(C(F)(F)F)cn3)CC2=O)ccn1)OC(N)=O. The van der Waals surface area contributed by atoms with Gasteiger partial charge in [-0.2, -0.15) is 13.2 Å². The van der Waals surface area contributed by atoms with Gasteiger partial charge in [-0.1, -0.05) is 0 Å². The smallest absolute Gasteiger partial charge is 0.419 e. The molecule has 2 N–H and O–H groups in total. The van der Waals surface area contributed by atoms with Crippen LogP contribution in [0.2, 0.25) is 0 Å². The molecule has 0 saturated carbocycles. The molecule has 0 radical (unpaired) electrons. The van der Waals surface area contributed by atoms with E-state index >= 15 is 0 Å². The normalized spacial score (nSPS) is 15.5. The van der Waals surface area contributed by atoms with E-state index in [2.05, 4.69) is 15.0 Å². The number of hydrogen-bond donors (Lipinski definition) is 1. The highest BCUT2D eigenvalue weighted by Crippen LogP contribution is 2.29. The van der Waals surface area contributed by atoms with E-state index in [4.69, 9.17) is 15.2 Å². The number of nitrogens with zero attached hydrogens (tertiary/aromatic N) is 5. The van der Waals surface area contributed by atoms with E-state index in [9.17, 15) is 22.8 Å². The van der Waals surface area contributed by atoms with Gasteiger partial charge in [0.2, 0.25) is 17.7 Å². The second-order valence-corrected chi connectivity index (χ2v) is 6.65. The molecule has 3 rings (SSSR count). The lowest BCUT2D eigenvalue weighted by Gasteiger charge is -2.34. The van der Waals surface area contributed by atoms with E-state index in [1.165, 1.54) is 16.0 Å². The Bertz CT molecular complexity index is 941. The molecule has 10 nitrogen and oxygen atoms in total. The highest BCUT2D eigenvalue weighted by atomic mass is 19.4. The van der Waals surface area contributed by atoms with Crippen LogP contribution in [0.5, 0.6) is 5.88 Å². The van der Waals surface area contributed by atoms with E-state index in [0.29, 0.717) is 24.6 Å². The number of carbonyl (C=O) groups excluding carboxylic acids is 2. The third-order valence-corrected chi connectivity index (χ3v) is 4.28. The number of amides is 2. The van der Waals surface area contributed by atoms with Crippen LogP contribution in [0.15, 0.2) is 30.7 Å². The molecule has 0 bridgehead atoms. The number of rotatable bonds is 6. The van der Waals surface area contributed by atoms with Crippen molar-refractivity contribution in [2.45, 2.75) is 19.2 Å². The molecular weight excluding hydrogens is 421 g/mol. The van der Waals surface area contributed by atoms with Gasteiger partial charge in [-0.3, -0.25) is 4.79 Å². The fraction of sp³-hybridized carbons (Fsp3) is 0.389. The fourth-order valence-corrected chi connectivity index (χ4v) is 2.83. The number of ether oxygens (including phenoxy) is 2. The number of nitrogens with two attached hydrogens (primary N) is 1. The van der Waals surface area contributed by atoms with Crippen molar-refractivity contribution < 1.29 is 32.2 Å². The van der Waals surface area contributed by atoms with Gasteiger partial charge in [0.05, 0.1) is 11.3 Å². The lowest BCUT2D eigenvalue weighted by atomic mass is 10.2. The van der Waals surface area contributed by atoms with Gasteiger partial charge in [0.15, 0.2) is 0 Å². The first-order valence-electron chi connectivity index (χ1n) is 9.13. The number of aromatic nitrogens is 3. The fourth-order valence-electron chi connectivity index (χ4n) is 2.83. The number of alkyl halides is 3. The van der Waals surface area contributed by atoms with Crippen molar-refractivity contribution >= 4 is 23.6 Å². The topological polar surface area (TPSA) is 124 Å². The highest BCUT2D eigenvalue weighted by Gasteiger charge is 2.32. The molecule has 0 spiro atoms. The van der Waals surface area contributed by atoms with Crippen LogP contribution in [-0.4, -0.2) is 59.3 Å². The third-order valence-electron chi connectivity index (χ3n) is 4.28. The molecular formula is C18H19F3N6O4. The van der Waals surface area contributed by atoms with Crippen LogP contribution in [0.25, 0.3) is 0 Å². The van der Waals surface area contributed by atoms with Crippen LogP contribution in [0.4, 0.5) is 29.6 Å². The summed E-state index contributed by atoms with van der Waals surface area (Å²) >= 11 is 0. The largest absolute Gasteiger partial charge is 0.474 e. The standard InChI is InChI=1S/C18H19F3N6O4/c1-11(31-16(22)29)10-30-14-6-13(2-3-23-14)27-5-4-26(9-15(27)28)17-24-7-12(8-25-17)18(19,20)21/h2-3,6-8,11H,4-5,9-10H2,1H3,(H2,22,29)/t11-/m0/s1. The summed E-state index contributed by atoms with van der Waals surface area (Å²) in [4.78, 5) is 37.8. The molecule has 0 unspecified atom stereocenters. The number of carbonyl (C=O) groups is 2. The monoisotopic (exact) mass is 440 g/mol. The number of halogens is 3. The van der Waals surface area contributed by atoms with Crippen molar-refractivity contribution in [3.8, 4) is 5.88 Å². The number of anilines is 2. The summed E-state index contributed by atoms with van der Waals surface area (Å²) in [6.45, 7) is 2.09. The molecule has 2 aromatic rings. The minimum atomic E-state index is -4.53. The Hall–Kier alpha value is -3.64. The van der Waals surface area contributed by atoms with Crippen LogP contribution < -0.4 is 20.3 Å². The molecule has 13 heteroatoms. The Balaban J connectivity index is 1.62. The molecule has 0 aliphatic carbocycles. The van der Waals surface area contributed by atoms with Crippen molar-refractivity contribution in [2.24, 2.45) is 5.73 Å². The number of pyridine rings is 1. The van der Waals surface area contributed by atoms with Crippen molar-refractivity contribution in [1.29, 1.82) is 0 Å². The van der Waals surface area contributed by atoms with Gasteiger partial charge < -0.3 is 25.0 Å². The molecule has 2 aromatic heterocycles. The van der Waals surface area contributed by atoms with E-state index in [-0.39, 0.29) is 37.4 Å². The van der Waals surface area contributed by atoms with Gasteiger partial charge in [0.1, 0.15) is 19.3 Å². The van der Waals surface area contributed by atoms with E-state index < -0.39 is 23.9 Å². The average Bonchev–Trinajstić information content (AvgIpc) is 2.71. The molecule has 2 amide bonds. The van der Waals surface area contributed by atoms with Crippen LogP contribution in [0.1, 0.15) is 12.5 Å². The minimum absolute atomic E-state index is 0.0202. The van der Waals surface area contributed by atoms with Gasteiger partial charge in [-0.05, 0) is 13.0 Å². The maximum absolute atomic E-state index is 12.7. The maximum atomic E-state index is 12.7. The van der Waals surface area contributed by atoms with Crippen LogP contribution in [0, 0.1) is 0 Å². The molecule has 1 aliphatic rings. The zero-order valence-corrected chi connectivity index (χ0v) is 16.4. The molecule has 1 aliphatic heterocycles. The van der Waals surface area contributed by atoms with Crippen molar-refractivity contribution in [2.75, 3.05) is 36.0 Å². The maximum Gasteiger partial charge on any atom is 0.419 e. The van der Waals surface area contributed by atoms with Crippen molar-refractivity contribution in [1.82, 2.24) is 15.0 Å². The quantitative estimate of drug-likeness (QED) is 0.719. The molecule has 1 fully saturated rings. The van der Waals surface area contributed by atoms with Crippen LogP contribution in [0.3, 0.4) is 0 Å². The summed E-state index contributed by atoms with van der Waals surface area (Å²) in [5.74, 6) is -0.0285. The molecule has 166 valence electrons. The van der Waals surface area contributed by atoms with Gasteiger partial charge in [-0.15, -0.1) is 0 Å². The van der Waals surface area contributed by atoms with Crippen LogP contribution in [-0.2, 0) is 15.7 Å². The zero-order chi connectivity index (χ0) is 22.6. The van der Waals surface area contributed by atoms with Gasteiger partial charge in [0, 0.05) is 37.7 Å². The Kier molecular flexibility index (Phi) is 6.42. The predicted molar refractivity (Wildman–Crippen MR) is 101 cm³/mol.